The van der Waals surface area contributed by atoms with Crippen LogP contribution in [0.3, 0.4) is 0 Å². The second-order valence-corrected chi connectivity index (χ2v) is 8.30. The molecular weight excluding hydrogens is 398 g/mol. The Morgan fingerprint density at radius 2 is 1.97 bits per heavy atom. The molecule has 1 N–H and O–H groups in total. The highest BCUT2D eigenvalue weighted by Gasteiger charge is 2.24. The molecule has 0 aliphatic carbocycles. The summed E-state index contributed by atoms with van der Waals surface area (Å²) in [6, 6.07) is 13.2. The third-order valence-corrected chi connectivity index (χ3v) is 6.11. The van der Waals surface area contributed by atoms with Gasteiger partial charge in [-0.25, -0.2) is 4.98 Å². The molecule has 2 heterocycles. The van der Waals surface area contributed by atoms with Gasteiger partial charge in [0.25, 0.3) is 5.91 Å². The first-order valence-corrected chi connectivity index (χ1v) is 10.7. The average Bonchev–Trinajstić information content (AvgIpc) is 3.35. The Morgan fingerprint density at radius 3 is 2.67 bits per heavy atom. The van der Waals surface area contributed by atoms with Gasteiger partial charge in [-0.15, -0.1) is 11.3 Å². The molecule has 2 aromatic carbocycles. The minimum absolute atomic E-state index is 0.107. The van der Waals surface area contributed by atoms with E-state index in [1.807, 2.05) is 50.2 Å². The van der Waals surface area contributed by atoms with Crippen LogP contribution in [0.15, 0.2) is 42.5 Å². The van der Waals surface area contributed by atoms with E-state index >= 15 is 0 Å². The molecule has 1 aliphatic rings. The number of aryl methyl sites for hydroxylation is 1. The quantitative estimate of drug-likeness (QED) is 0.649. The van der Waals surface area contributed by atoms with E-state index in [-0.39, 0.29) is 11.8 Å². The number of fused-ring (bicyclic) bond motifs is 1. The average molecular weight is 422 g/mol. The molecule has 0 atom stereocenters. The molecule has 0 spiro atoms. The van der Waals surface area contributed by atoms with E-state index in [9.17, 15) is 9.59 Å². The van der Waals surface area contributed by atoms with Crippen LogP contribution in [0.2, 0.25) is 0 Å². The molecule has 1 aromatic heterocycles. The van der Waals surface area contributed by atoms with Gasteiger partial charge in [-0.05, 0) is 61.4 Å². The first-order valence-electron chi connectivity index (χ1n) is 9.86. The van der Waals surface area contributed by atoms with Crippen molar-refractivity contribution in [2.75, 3.05) is 23.9 Å². The van der Waals surface area contributed by atoms with E-state index in [4.69, 9.17) is 4.74 Å². The summed E-state index contributed by atoms with van der Waals surface area (Å²) < 4.78 is 5.20. The zero-order valence-corrected chi connectivity index (χ0v) is 18.0. The molecule has 1 aliphatic heterocycles. The predicted octanol–water partition coefficient (Wildman–Crippen LogP) is 4.68. The van der Waals surface area contributed by atoms with Crippen molar-refractivity contribution in [3.05, 3.63) is 58.5 Å². The van der Waals surface area contributed by atoms with Gasteiger partial charge in [0.2, 0.25) is 5.91 Å². The van der Waals surface area contributed by atoms with E-state index in [0.29, 0.717) is 23.7 Å². The number of thiazole rings is 1. The normalized spacial score (nSPS) is 12.6. The second kappa shape index (κ2) is 8.28. The van der Waals surface area contributed by atoms with Crippen molar-refractivity contribution in [3.8, 4) is 17.0 Å². The number of carbonyl (C=O) groups excluding carboxylic acids is 2. The Kier molecular flexibility index (Phi) is 5.55. The van der Waals surface area contributed by atoms with Gasteiger partial charge in [0.15, 0.2) is 5.13 Å². The van der Waals surface area contributed by atoms with Gasteiger partial charge < -0.3 is 9.64 Å². The Hall–Kier alpha value is -3.19. The van der Waals surface area contributed by atoms with Gasteiger partial charge in [-0.3, -0.25) is 14.9 Å². The lowest BCUT2D eigenvalue weighted by molar-refractivity contribution is -0.118. The number of ether oxygens (including phenoxy) is 1. The van der Waals surface area contributed by atoms with Crippen molar-refractivity contribution in [2.45, 2.75) is 26.7 Å². The zero-order chi connectivity index (χ0) is 21.3. The summed E-state index contributed by atoms with van der Waals surface area (Å²) in [7, 11) is 1.63. The SMILES string of the molecule is CCC(=O)N1CCc2cc(C(=O)Nc3nc(-c4ccc(OC)cc4)c(C)s3)ccc21. The molecule has 3 aromatic rings. The summed E-state index contributed by atoms with van der Waals surface area (Å²) in [4.78, 5) is 32.3. The monoisotopic (exact) mass is 421 g/mol. The van der Waals surface area contributed by atoms with Crippen LogP contribution in [0.5, 0.6) is 5.75 Å². The van der Waals surface area contributed by atoms with E-state index in [2.05, 4.69) is 10.3 Å². The van der Waals surface area contributed by atoms with Crippen molar-refractivity contribution in [2.24, 2.45) is 0 Å². The van der Waals surface area contributed by atoms with Crippen molar-refractivity contribution < 1.29 is 14.3 Å². The molecule has 2 amide bonds. The number of carbonyl (C=O) groups is 2. The number of amides is 2. The molecule has 0 fully saturated rings. The molecule has 0 unspecified atom stereocenters. The van der Waals surface area contributed by atoms with Gasteiger partial charge in [0.1, 0.15) is 5.75 Å². The largest absolute Gasteiger partial charge is 0.497 e. The lowest BCUT2D eigenvalue weighted by Gasteiger charge is -2.16. The summed E-state index contributed by atoms with van der Waals surface area (Å²) in [5.41, 5.74) is 4.33. The number of methoxy groups -OCH3 is 1. The number of hydrogen-bond donors (Lipinski definition) is 1. The Morgan fingerprint density at radius 1 is 1.20 bits per heavy atom. The fraction of sp³-hybridized carbons (Fsp3) is 0.261. The van der Waals surface area contributed by atoms with E-state index < -0.39 is 0 Å². The number of rotatable bonds is 5. The molecule has 0 radical (unpaired) electrons. The maximum absolute atomic E-state index is 12.8. The molecule has 0 bridgehead atoms. The van der Waals surface area contributed by atoms with Crippen molar-refractivity contribution in [1.82, 2.24) is 4.98 Å². The van der Waals surface area contributed by atoms with Gasteiger partial charge in [-0.1, -0.05) is 6.92 Å². The molecule has 0 saturated heterocycles. The molecule has 0 saturated carbocycles. The van der Waals surface area contributed by atoms with Crippen LogP contribution >= 0.6 is 11.3 Å². The van der Waals surface area contributed by atoms with Crippen LogP contribution in [0.25, 0.3) is 11.3 Å². The molecule has 6 nitrogen and oxygen atoms in total. The van der Waals surface area contributed by atoms with Crippen LogP contribution in [-0.2, 0) is 11.2 Å². The van der Waals surface area contributed by atoms with Gasteiger partial charge in [0.05, 0.1) is 12.8 Å². The molecule has 4 rings (SSSR count). The van der Waals surface area contributed by atoms with Crippen LogP contribution in [-0.4, -0.2) is 30.5 Å². The number of hydrogen-bond acceptors (Lipinski definition) is 5. The molecular formula is C23H23N3O3S. The summed E-state index contributed by atoms with van der Waals surface area (Å²) in [6.45, 7) is 4.52. The van der Waals surface area contributed by atoms with Crippen LogP contribution in [0.1, 0.15) is 34.1 Å². The third-order valence-electron chi connectivity index (χ3n) is 5.22. The number of anilines is 2. The van der Waals surface area contributed by atoms with E-state index in [1.54, 1.807) is 18.1 Å². The fourth-order valence-electron chi connectivity index (χ4n) is 3.63. The first-order chi connectivity index (χ1) is 14.5. The minimum Gasteiger partial charge on any atom is -0.497 e. The molecule has 154 valence electrons. The number of benzene rings is 2. The Bertz CT molecular complexity index is 1110. The first kappa shape index (κ1) is 20.1. The Labute approximate surface area is 179 Å². The molecule has 7 heteroatoms. The lowest BCUT2D eigenvalue weighted by atomic mass is 10.1. The number of nitrogens with one attached hydrogen (secondary N) is 1. The van der Waals surface area contributed by atoms with E-state index in [1.165, 1.54) is 11.3 Å². The van der Waals surface area contributed by atoms with Gasteiger partial charge >= 0.3 is 0 Å². The second-order valence-electron chi connectivity index (χ2n) is 7.10. The maximum atomic E-state index is 12.8. The van der Waals surface area contributed by atoms with Gasteiger partial charge in [-0.2, -0.15) is 0 Å². The van der Waals surface area contributed by atoms with Crippen LogP contribution < -0.4 is 15.0 Å². The third kappa shape index (κ3) is 3.80. The minimum atomic E-state index is -0.201. The van der Waals surface area contributed by atoms with E-state index in [0.717, 1.165) is 39.6 Å². The summed E-state index contributed by atoms with van der Waals surface area (Å²) in [6.07, 6.45) is 1.24. The number of aromatic nitrogens is 1. The number of nitrogens with zero attached hydrogens (tertiary/aromatic N) is 2. The summed E-state index contributed by atoms with van der Waals surface area (Å²) in [5.74, 6) is 0.694. The highest BCUT2D eigenvalue weighted by Crippen LogP contribution is 2.32. The smallest absolute Gasteiger partial charge is 0.257 e. The topological polar surface area (TPSA) is 71.5 Å². The van der Waals surface area contributed by atoms with Crippen molar-refractivity contribution in [3.63, 3.8) is 0 Å². The Balaban J connectivity index is 1.51. The highest BCUT2D eigenvalue weighted by atomic mass is 32.1. The summed E-state index contributed by atoms with van der Waals surface area (Å²) >= 11 is 1.45. The van der Waals surface area contributed by atoms with Crippen molar-refractivity contribution >= 4 is 34.0 Å². The maximum Gasteiger partial charge on any atom is 0.257 e. The highest BCUT2D eigenvalue weighted by molar-refractivity contribution is 7.16. The predicted molar refractivity (Wildman–Crippen MR) is 120 cm³/mol. The van der Waals surface area contributed by atoms with Crippen LogP contribution in [0.4, 0.5) is 10.8 Å². The lowest BCUT2D eigenvalue weighted by Crippen LogP contribution is -2.27. The summed E-state index contributed by atoms with van der Waals surface area (Å²) in [5, 5.41) is 3.47. The fourth-order valence-corrected chi connectivity index (χ4v) is 4.46. The van der Waals surface area contributed by atoms with Crippen LogP contribution in [0, 0.1) is 6.92 Å². The zero-order valence-electron chi connectivity index (χ0n) is 17.2. The van der Waals surface area contributed by atoms with Crippen molar-refractivity contribution in [1.29, 1.82) is 0 Å². The molecule has 30 heavy (non-hydrogen) atoms. The van der Waals surface area contributed by atoms with Gasteiger partial charge in [0, 0.05) is 34.7 Å². The standard InChI is InChI=1S/C23H23N3O3S/c1-4-20(27)26-12-11-16-13-17(7-10-19(16)26)22(28)25-23-24-21(14(2)30-23)15-5-8-18(29-3)9-6-15/h5-10,13H,4,11-12H2,1-3H3,(H,24,25,28).